The lowest BCUT2D eigenvalue weighted by Gasteiger charge is -2.05. The number of hydrogen-bond donors (Lipinski definition) is 0. The van der Waals surface area contributed by atoms with E-state index in [1.807, 2.05) is 47.3 Å². The number of nitrogens with zero attached hydrogens (tertiary/aromatic N) is 3. The molecule has 0 N–H and O–H groups in total. The van der Waals surface area contributed by atoms with Gasteiger partial charge in [-0.3, -0.25) is 10.1 Å². The van der Waals surface area contributed by atoms with E-state index in [0.29, 0.717) is 17.3 Å². The molecule has 3 aromatic carbocycles. The van der Waals surface area contributed by atoms with Gasteiger partial charge in [0, 0.05) is 42.5 Å². The van der Waals surface area contributed by atoms with Crippen molar-refractivity contribution in [3.8, 4) is 0 Å². The molecule has 5 rings (SSSR count). The van der Waals surface area contributed by atoms with Gasteiger partial charge in [-0.05, 0) is 23.8 Å². The summed E-state index contributed by atoms with van der Waals surface area (Å²) in [6, 6.07) is 20.9. The fraction of sp³-hybridized carbons (Fsp3) is 0.0417. The first-order valence-electron chi connectivity index (χ1n) is 9.66. The summed E-state index contributed by atoms with van der Waals surface area (Å²) in [6.07, 6.45) is 3.63. The van der Waals surface area contributed by atoms with Gasteiger partial charge in [-0.1, -0.05) is 40.6 Å². The Labute approximate surface area is 174 Å². The molecule has 2 heterocycles. The van der Waals surface area contributed by atoms with E-state index >= 15 is 0 Å². The minimum absolute atomic E-state index is 0.128. The second-order valence-corrected chi connectivity index (χ2v) is 7.28. The van der Waals surface area contributed by atoms with Gasteiger partial charge in [0.1, 0.15) is 10.8 Å². The van der Waals surface area contributed by atoms with Gasteiger partial charge in [0.15, 0.2) is 0 Å². The Kier molecular flexibility index (Phi) is 4.29. The van der Waals surface area contributed by atoms with Crippen LogP contribution in [-0.4, -0.2) is 9.49 Å². The molecule has 0 aliphatic carbocycles. The fourth-order valence-corrected chi connectivity index (χ4v) is 3.97. The predicted octanol–water partition coefficient (Wildman–Crippen LogP) is 3.00. The molecule has 0 aliphatic rings. The number of non-ortho nitro benzene ring substituents is 1. The maximum atomic E-state index is 13.2. The number of nitro groups is 1. The summed E-state index contributed by atoms with van der Waals surface area (Å²) in [4.78, 5) is 37.3. The van der Waals surface area contributed by atoms with Gasteiger partial charge in [-0.2, -0.15) is 0 Å². The molecular formula is C24H16N3O4+. The standard InChI is InChI=1S/C24H16N3O4/c28-23-19-8-4-7-18-21(27(30)31)10-9-20(22(18)19)24(29)26(23)17-11-13-25(14-12-17)15-16-5-2-1-3-6-16/h1-14H,15H2/q+1. The van der Waals surface area contributed by atoms with E-state index in [2.05, 4.69) is 0 Å². The van der Waals surface area contributed by atoms with Crippen molar-refractivity contribution in [1.82, 2.24) is 4.57 Å². The second kappa shape index (κ2) is 7.14. The van der Waals surface area contributed by atoms with Crippen molar-refractivity contribution >= 4 is 27.2 Å². The zero-order valence-corrected chi connectivity index (χ0v) is 16.3. The van der Waals surface area contributed by atoms with Crippen LogP contribution in [0.1, 0.15) is 5.56 Å². The number of nitro benzene ring substituents is 1. The highest BCUT2D eigenvalue weighted by Crippen LogP contribution is 2.29. The zero-order chi connectivity index (χ0) is 21.5. The quantitative estimate of drug-likeness (QED) is 0.260. The average Bonchev–Trinajstić information content (AvgIpc) is 2.79. The molecular weight excluding hydrogens is 394 g/mol. The Morgan fingerprint density at radius 1 is 0.774 bits per heavy atom. The van der Waals surface area contributed by atoms with Crippen molar-refractivity contribution < 1.29 is 9.17 Å². The third-order valence-corrected chi connectivity index (χ3v) is 5.42. The van der Waals surface area contributed by atoms with Crippen LogP contribution in [0.5, 0.6) is 0 Å². The van der Waals surface area contributed by atoms with Gasteiger partial charge in [-0.15, -0.1) is 0 Å². The molecule has 31 heavy (non-hydrogen) atoms. The zero-order valence-electron chi connectivity index (χ0n) is 16.3. The summed E-state index contributed by atoms with van der Waals surface area (Å²) in [5, 5.41) is 13.0. The van der Waals surface area contributed by atoms with Crippen LogP contribution in [0.15, 0.2) is 94.8 Å². The maximum absolute atomic E-state index is 13.2. The van der Waals surface area contributed by atoms with E-state index in [-0.39, 0.29) is 21.8 Å². The Morgan fingerprint density at radius 3 is 2.10 bits per heavy atom. The summed E-state index contributed by atoms with van der Waals surface area (Å²) in [5.74, 6) is 0. The van der Waals surface area contributed by atoms with E-state index in [1.54, 1.807) is 30.3 Å². The summed E-state index contributed by atoms with van der Waals surface area (Å²) >= 11 is 0. The van der Waals surface area contributed by atoms with Gasteiger partial charge in [0.05, 0.1) is 10.3 Å². The van der Waals surface area contributed by atoms with Crippen molar-refractivity contribution in [2.45, 2.75) is 6.54 Å². The SMILES string of the molecule is O=c1c2cccc3c([N+](=O)[O-])ccc(c(=O)[n+]1=c1ccn(Cc4ccccc4)cc1)c32. The van der Waals surface area contributed by atoms with E-state index < -0.39 is 16.0 Å². The van der Waals surface area contributed by atoms with Crippen molar-refractivity contribution in [1.29, 1.82) is 0 Å². The van der Waals surface area contributed by atoms with Crippen molar-refractivity contribution in [2.24, 2.45) is 0 Å². The number of rotatable bonds is 3. The number of benzene rings is 3. The molecule has 2 aromatic heterocycles. The number of pyridine rings is 2. The highest BCUT2D eigenvalue weighted by molar-refractivity contribution is 6.12. The van der Waals surface area contributed by atoms with Crippen LogP contribution in [0, 0.1) is 15.5 Å². The normalized spacial score (nSPS) is 11.2. The molecule has 0 saturated heterocycles. The predicted molar refractivity (Wildman–Crippen MR) is 116 cm³/mol. The number of hydrogen-bond acceptors (Lipinski definition) is 4. The van der Waals surface area contributed by atoms with Gasteiger partial charge in [-0.25, -0.2) is 9.59 Å². The lowest BCUT2D eigenvalue weighted by molar-refractivity contribution is -0.539. The highest BCUT2D eigenvalue weighted by atomic mass is 16.6. The van der Waals surface area contributed by atoms with Gasteiger partial charge >= 0.3 is 11.1 Å². The first kappa shape index (κ1) is 18.6. The number of aromatic nitrogens is 2. The topological polar surface area (TPSA) is 88.1 Å². The third-order valence-electron chi connectivity index (χ3n) is 5.42. The summed E-state index contributed by atoms with van der Waals surface area (Å²) < 4.78 is 3.07. The van der Waals surface area contributed by atoms with Crippen LogP contribution in [0.3, 0.4) is 0 Å². The first-order valence-corrected chi connectivity index (χ1v) is 9.66. The van der Waals surface area contributed by atoms with Gasteiger partial charge < -0.3 is 4.57 Å². The van der Waals surface area contributed by atoms with Crippen molar-refractivity contribution in [3.05, 3.63) is 127 Å². The smallest absolute Gasteiger partial charge is 0.349 e. The first-order chi connectivity index (χ1) is 15.0. The van der Waals surface area contributed by atoms with Crippen LogP contribution in [0.2, 0.25) is 0 Å². The molecule has 150 valence electrons. The molecule has 5 aromatic rings. The van der Waals surface area contributed by atoms with Crippen LogP contribution in [0.25, 0.3) is 21.5 Å². The largest absolute Gasteiger partial charge is 0.429 e. The molecule has 0 amide bonds. The monoisotopic (exact) mass is 410 g/mol. The average molecular weight is 410 g/mol. The maximum Gasteiger partial charge on any atom is 0.429 e. The fourth-order valence-electron chi connectivity index (χ4n) is 3.97. The highest BCUT2D eigenvalue weighted by Gasteiger charge is 2.23. The molecule has 7 nitrogen and oxygen atoms in total. The Morgan fingerprint density at radius 2 is 1.42 bits per heavy atom. The lowest BCUT2D eigenvalue weighted by atomic mass is 10.0. The Bertz CT molecular complexity index is 1620. The van der Waals surface area contributed by atoms with Crippen molar-refractivity contribution in [3.63, 3.8) is 0 Å². The molecule has 0 saturated carbocycles. The third kappa shape index (κ3) is 3.03. The van der Waals surface area contributed by atoms with Gasteiger partial charge in [0.2, 0.25) is 5.36 Å². The minimum atomic E-state index is -0.507. The summed E-state index contributed by atoms with van der Waals surface area (Å²) in [5.41, 5.74) is 0.0118. The van der Waals surface area contributed by atoms with E-state index in [4.69, 9.17) is 0 Å². The van der Waals surface area contributed by atoms with Crippen molar-refractivity contribution in [2.75, 3.05) is 0 Å². The second-order valence-electron chi connectivity index (χ2n) is 7.28. The summed E-state index contributed by atoms with van der Waals surface area (Å²) in [6.45, 7) is 0.662. The lowest BCUT2D eigenvalue weighted by Crippen LogP contribution is -2.51. The summed E-state index contributed by atoms with van der Waals surface area (Å²) in [7, 11) is 0. The Hall–Kier alpha value is -4.39. The van der Waals surface area contributed by atoms with Crippen LogP contribution >= 0.6 is 0 Å². The van der Waals surface area contributed by atoms with Gasteiger partial charge in [0.25, 0.3) is 5.69 Å². The minimum Gasteiger partial charge on any atom is -0.349 e. The van der Waals surface area contributed by atoms with E-state index in [0.717, 1.165) is 9.81 Å². The molecule has 0 bridgehead atoms. The molecule has 0 atom stereocenters. The van der Waals surface area contributed by atoms with E-state index in [1.165, 1.54) is 12.1 Å². The molecule has 0 radical (unpaired) electrons. The van der Waals surface area contributed by atoms with Crippen LogP contribution in [-0.2, 0) is 6.54 Å². The molecule has 0 fully saturated rings. The molecule has 0 unspecified atom stereocenters. The van der Waals surface area contributed by atoms with Crippen LogP contribution in [0.4, 0.5) is 5.69 Å². The molecule has 7 heteroatoms. The molecule has 0 spiro atoms. The Balaban J connectivity index is 1.79. The van der Waals surface area contributed by atoms with E-state index in [9.17, 15) is 19.7 Å². The van der Waals surface area contributed by atoms with Crippen LogP contribution < -0.4 is 15.4 Å². The molecule has 0 aliphatic heterocycles.